The predicted octanol–water partition coefficient (Wildman–Crippen LogP) is 2.12. The second-order valence-corrected chi connectivity index (χ2v) is 6.33. The number of hydrogen-bond acceptors (Lipinski definition) is 6. The van der Waals surface area contributed by atoms with Gasteiger partial charge in [0.15, 0.2) is 0 Å². The van der Waals surface area contributed by atoms with Crippen LogP contribution >= 0.6 is 11.3 Å². The van der Waals surface area contributed by atoms with Crippen molar-refractivity contribution in [2.45, 2.75) is 0 Å². The second-order valence-electron chi connectivity index (χ2n) is 5.37. The molecule has 0 aliphatic heterocycles. The Labute approximate surface area is 154 Å². The quantitative estimate of drug-likeness (QED) is 0.419. The van der Waals surface area contributed by atoms with Crippen molar-refractivity contribution in [3.63, 3.8) is 0 Å². The molecule has 1 amide bonds. The number of nitrogens with zero attached hydrogens (tertiary/aromatic N) is 2. The van der Waals surface area contributed by atoms with Crippen LogP contribution in [0.2, 0.25) is 0 Å². The van der Waals surface area contributed by atoms with E-state index in [4.69, 9.17) is 18.3 Å². The van der Waals surface area contributed by atoms with Gasteiger partial charge in [-0.15, -0.1) is 0 Å². The number of thiazole rings is 1. The third-order valence-electron chi connectivity index (χ3n) is 3.66. The number of nitrogens with two attached hydrogens (primary N) is 1. The van der Waals surface area contributed by atoms with Gasteiger partial charge in [0.2, 0.25) is 0 Å². The molecule has 1 heterocycles. The SMILES string of the molecule is [B]c1ccc(C(=O)Nc2cc(F)c(N)c(C=NC)c2)c2nc(OC)sc12. The smallest absolute Gasteiger partial charge is 0.274 e. The summed E-state index contributed by atoms with van der Waals surface area (Å²) in [5, 5.41) is 3.05. The van der Waals surface area contributed by atoms with Crippen molar-refractivity contribution in [2.75, 3.05) is 25.2 Å². The fourth-order valence-corrected chi connectivity index (χ4v) is 3.27. The summed E-state index contributed by atoms with van der Waals surface area (Å²) in [6.45, 7) is 0. The highest BCUT2D eigenvalue weighted by Gasteiger charge is 2.17. The minimum Gasteiger partial charge on any atom is -0.473 e. The summed E-state index contributed by atoms with van der Waals surface area (Å²) >= 11 is 1.24. The number of nitrogen functional groups attached to an aromatic ring is 1. The average molecular weight is 368 g/mol. The van der Waals surface area contributed by atoms with Crippen molar-refractivity contribution in [3.8, 4) is 5.19 Å². The average Bonchev–Trinajstić information content (AvgIpc) is 3.05. The number of rotatable bonds is 4. The Kier molecular flexibility index (Phi) is 4.90. The van der Waals surface area contributed by atoms with E-state index in [-0.39, 0.29) is 11.4 Å². The van der Waals surface area contributed by atoms with Crippen molar-refractivity contribution < 1.29 is 13.9 Å². The number of halogens is 1. The fraction of sp³-hybridized carbons (Fsp3) is 0.118. The minimum absolute atomic E-state index is 0.0345. The molecule has 6 nitrogen and oxygen atoms in total. The maximum atomic E-state index is 14.0. The van der Waals surface area contributed by atoms with Gasteiger partial charge in [-0.05, 0) is 18.2 Å². The first kappa shape index (κ1) is 17.9. The Morgan fingerprint density at radius 3 is 2.92 bits per heavy atom. The molecule has 0 unspecified atom stereocenters. The van der Waals surface area contributed by atoms with Crippen LogP contribution in [0.5, 0.6) is 5.19 Å². The third kappa shape index (κ3) is 3.25. The Morgan fingerprint density at radius 1 is 1.46 bits per heavy atom. The first-order valence-corrected chi connectivity index (χ1v) is 8.31. The molecule has 0 aliphatic carbocycles. The number of nitrogens with one attached hydrogen (secondary N) is 1. The van der Waals surface area contributed by atoms with Gasteiger partial charge in [0, 0.05) is 24.5 Å². The number of aromatic nitrogens is 1. The summed E-state index contributed by atoms with van der Waals surface area (Å²) < 4.78 is 19.8. The van der Waals surface area contributed by atoms with Crippen molar-refractivity contribution in [1.82, 2.24) is 4.98 Å². The lowest BCUT2D eigenvalue weighted by atomic mass is 9.94. The summed E-state index contributed by atoms with van der Waals surface area (Å²) in [7, 11) is 8.97. The second kappa shape index (κ2) is 7.13. The lowest BCUT2D eigenvalue weighted by molar-refractivity contribution is 0.102. The number of amides is 1. The van der Waals surface area contributed by atoms with E-state index in [1.54, 1.807) is 25.2 Å². The zero-order chi connectivity index (χ0) is 18.8. The molecule has 3 N–H and O–H groups in total. The van der Waals surface area contributed by atoms with Crippen molar-refractivity contribution >= 4 is 58.4 Å². The molecule has 0 spiro atoms. The van der Waals surface area contributed by atoms with Crippen LogP contribution in [0.15, 0.2) is 29.3 Å². The molecular formula is C17H14BFN4O2S. The number of methoxy groups -OCH3 is 1. The first-order chi connectivity index (χ1) is 12.4. The van der Waals surface area contributed by atoms with Gasteiger partial charge < -0.3 is 15.8 Å². The zero-order valence-corrected chi connectivity index (χ0v) is 14.9. The van der Waals surface area contributed by atoms with Gasteiger partial charge in [0.05, 0.1) is 28.6 Å². The van der Waals surface area contributed by atoms with Gasteiger partial charge in [0.1, 0.15) is 13.7 Å². The van der Waals surface area contributed by atoms with Gasteiger partial charge in [0.25, 0.3) is 11.1 Å². The molecule has 0 atom stereocenters. The van der Waals surface area contributed by atoms with E-state index < -0.39 is 11.7 Å². The highest BCUT2D eigenvalue weighted by molar-refractivity contribution is 7.21. The number of fused-ring (bicyclic) bond motifs is 1. The van der Waals surface area contributed by atoms with Crippen LogP contribution in [-0.2, 0) is 0 Å². The molecule has 0 aliphatic rings. The summed E-state index contributed by atoms with van der Waals surface area (Å²) in [5.74, 6) is -1.10. The molecular weight excluding hydrogens is 354 g/mol. The number of carbonyl (C=O) groups excluding carboxylic acids is 1. The number of benzene rings is 2. The molecule has 3 aromatic rings. The molecule has 3 rings (SSSR count). The van der Waals surface area contributed by atoms with E-state index in [9.17, 15) is 9.18 Å². The van der Waals surface area contributed by atoms with Crippen LogP contribution in [0.3, 0.4) is 0 Å². The van der Waals surface area contributed by atoms with E-state index in [0.29, 0.717) is 32.0 Å². The largest absolute Gasteiger partial charge is 0.473 e. The molecule has 0 saturated carbocycles. The molecule has 130 valence electrons. The van der Waals surface area contributed by atoms with Crippen LogP contribution in [0.4, 0.5) is 15.8 Å². The molecule has 2 radical (unpaired) electrons. The maximum Gasteiger partial charge on any atom is 0.274 e. The van der Waals surface area contributed by atoms with Crippen LogP contribution in [0, 0.1) is 5.82 Å². The number of aliphatic imine (C=N–C) groups is 1. The molecule has 2 aromatic carbocycles. The van der Waals surface area contributed by atoms with Crippen molar-refractivity contribution in [3.05, 3.63) is 41.2 Å². The first-order valence-electron chi connectivity index (χ1n) is 7.50. The lowest BCUT2D eigenvalue weighted by Gasteiger charge is -2.10. The Balaban J connectivity index is 2.00. The number of ether oxygens (including phenoxy) is 1. The van der Waals surface area contributed by atoms with Crippen LogP contribution in [0.25, 0.3) is 10.2 Å². The molecule has 1 aromatic heterocycles. The highest BCUT2D eigenvalue weighted by atomic mass is 32.1. The van der Waals surface area contributed by atoms with Crippen LogP contribution < -0.4 is 21.3 Å². The van der Waals surface area contributed by atoms with Gasteiger partial charge in [-0.2, -0.15) is 0 Å². The molecule has 0 bridgehead atoms. The van der Waals surface area contributed by atoms with Gasteiger partial charge in [-0.1, -0.05) is 22.9 Å². The lowest BCUT2D eigenvalue weighted by Crippen LogP contribution is -2.15. The fourth-order valence-electron chi connectivity index (χ4n) is 2.43. The summed E-state index contributed by atoms with van der Waals surface area (Å²) in [5.41, 5.74) is 7.49. The number of carbonyl (C=O) groups is 1. The predicted molar refractivity (Wildman–Crippen MR) is 104 cm³/mol. The van der Waals surface area contributed by atoms with Gasteiger partial charge in [-0.3, -0.25) is 9.79 Å². The maximum absolute atomic E-state index is 14.0. The minimum atomic E-state index is -0.643. The third-order valence-corrected chi connectivity index (χ3v) is 4.73. The topological polar surface area (TPSA) is 89.6 Å². The van der Waals surface area contributed by atoms with E-state index in [1.807, 2.05) is 0 Å². The van der Waals surface area contributed by atoms with Crippen molar-refractivity contribution in [2.24, 2.45) is 4.99 Å². The van der Waals surface area contributed by atoms with Crippen LogP contribution in [-0.4, -0.2) is 39.1 Å². The molecule has 0 saturated heterocycles. The standard InChI is InChI=1S/C17H14BFN4O2S/c1-21-7-8-5-9(6-12(19)13(8)20)22-16(24)10-3-4-11(18)15-14(10)23-17(25-2)26-15/h3-7H,20H2,1-2H3,(H,22,24). The normalized spacial score (nSPS) is 11.2. The monoisotopic (exact) mass is 368 g/mol. The Hall–Kier alpha value is -2.94. The van der Waals surface area contributed by atoms with Crippen molar-refractivity contribution in [1.29, 1.82) is 0 Å². The zero-order valence-electron chi connectivity index (χ0n) is 14.0. The van der Waals surface area contributed by atoms with E-state index in [1.165, 1.54) is 24.7 Å². The van der Waals surface area contributed by atoms with E-state index in [0.717, 1.165) is 6.07 Å². The summed E-state index contributed by atoms with van der Waals surface area (Å²) in [6.07, 6.45) is 1.42. The Morgan fingerprint density at radius 2 is 2.23 bits per heavy atom. The Bertz CT molecular complexity index is 1040. The van der Waals surface area contributed by atoms with E-state index in [2.05, 4.69) is 15.3 Å². The highest BCUT2D eigenvalue weighted by Crippen LogP contribution is 2.29. The molecule has 0 fully saturated rings. The number of hydrogen-bond donors (Lipinski definition) is 2. The molecule has 26 heavy (non-hydrogen) atoms. The van der Waals surface area contributed by atoms with Crippen LogP contribution in [0.1, 0.15) is 15.9 Å². The van der Waals surface area contributed by atoms with E-state index >= 15 is 0 Å². The molecule has 9 heteroatoms. The van der Waals surface area contributed by atoms with Gasteiger partial charge in [-0.25, -0.2) is 9.37 Å². The summed E-state index contributed by atoms with van der Waals surface area (Å²) in [4.78, 5) is 20.8. The summed E-state index contributed by atoms with van der Waals surface area (Å²) in [6, 6.07) is 5.87. The number of anilines is 2. The van der Waals surface area contributed by atoms with Gasteiger partial charge >= 0.3 is 0 Å².